The van der Waals surface area contributed by atoms with E-state index >= 15 is 0 Å². The van der Waals surface area contributed by atoms with E-state index in [1.165, 1.54) is 4.90 Å². The van der Waals surface area contributed by atoms with Crippen LogP contribution < -0.4 is 5.32 Å². The average Bonchev–Trinajstić information content (AvgIpc) is 2.88. The van der Waals surface area contributed by atoms with Crippen LogP contribution in [0.4, 0.5) is 10.6 Å². The van der Waals surface area contributed by atoms with Crippen molar-refractivity contribution in [3.8, 4) is 0 Å². The molecule has 0 spiro atoms. The highest BCUT2D eigenvalue weighted by Crippen LogP contribution is 2.17. The number of hydrogen-bond donors (Lipinski definition) is 3. The fourth-order valence-electron chi connectivity index (χ4n) is 2.10. The number of aromatic nitrogens is 3. The number of aliphatic hydroxyl groups excluding tert-OH is 2. The van der Waals surface area contributed by atoms with Crippen LogP contribution in [0.15, 0.2) is 18.3 Å². The number of aryl methyl sites for hydroxylation is 1. The first-order valence-corrected chi connectivity index (χ1v) is 6.94. The molecule has 8 heteroatoms. The lowest BCUT2D eigenvalue weighted by Crippen LogP contribution is -2.43. The molecule has 0 unspecified atom stereocenters. The predicted molar refractivity (Wildman–Crippen MR) is 81.7 cm³/mol. The number of urea groups is 1. The normalized spacial score (nSPS) is 11.7. The van der Waals surface area contributed by atoms with E-state index in [4.69, 9.17) is 0 Å². The van der Waals surface area contributed by atoms with Crippen LogP contribution in [0.3, 0.4) is 0 Å². The molecule has 0 aliphatic heterocycles. The first-order valence-electron chi connectivity index (χ1n) is 6.94. The molecular weight excluding hydrogens is 286 g/mol. The van der Waals surface area contributed by atoms with Gasteiger partial charge in [-0.2, -0.15) is 9.61 Å². The van der Waals surface area contributed by atoms with Gasteiger partial charge in [-0.05, 0) is 13.0 Å². The summed E-state index contributed by atoms with van der Waals surface area (Å²) in [5.41, 5.74) is 0.700. The van der Waals surface area contributed by atoms with E-state index < -0.39 is 5.41 Å². The SMILES string of the molecule is Cc1cc2nccc(NC(=O)N(C)CC(C)(CO)CO)n2n1. The summed E-state index contributed by atoms with van der Waals surface area (Å²) in [5.74, 6) is 0.504. The Bertz CT molecular complexity index is 666. The first kappa shape index (κ1) is 16.2. The van der Waals surface area contributed by atoms with Gasteiger partial charge in [0.15, 0.2) is 5.65 Å². The highest BCUT2D eigenvalue weighted by Gasteiger charge is 2.26. The van der Waals surface area contributed by atoms with Crippen molar-refractivity contribution in [3.05, 3.63) is 24.0 Å². The van der Waals surface area contributed by atoms with E-state index in [2.05, 4.69) is 15.4 Å². The predicted octanol–water partition coefficient (Wildman–Crippen LogP) is 0.492. The molecule has 0 fully saturated rings. The van der Waals surface area contributed by atoms with E-state index in [0.29, 0.717) is 11.5 Å². The maximum Gasteiger partial charge on any atom is 0.322 e. The fourth-order valence-corrected chi connectivity index (χ4v) is 2.10. The molecule has 0 atom stereocenters. The van der Waals surface area contributed by atoms with Gasteiger partial charge in [-0.1, -0.05) is 6.92 Å². The van der Waals surface area contributed by atoms with Crippen LogP contribution in [0.1, 0.15) is 12.6 Å². The second kappa shape index (κ2) is 6.29. The summed E-state index contributed by atoms with van der Waals surface area (Å²) >= 11 is 0. The maximum atomic E-state index is 12.3. The summed E-state index contributed by atoms with van der Waals surface area (Å²) in [6, 6.07) is 3.12. The molecule has 0 saturated carbocycles. The van der Waals surface area contributed by atoms with Crippen molar-refractivity contribution in [2.24, 2.45) is 5.41 Å². The average molecular weight is 307 g/mol. The summed E-state index contributed by atoms with van der Waals surface area (Å²) in [6.07, 6.45) is 1.59. The van der Waals surface area contributed by atoms with Gasteiger partial charge in [0.05, 0.1) is 18.9 Å². The Morgan fingerprint density at radius 2 is 2.14 bits per heavy atom. The van der Waals surface area contributed by atoms with Gasteiger partial charge in [-0.15, -0.1) is 0 Å². The maximum absolute atomic E-state index is 12.3. The lowest BCUT2D eigenvalue weighted by molar-refractivity contribution is 0.0509. The van der Waals surface area contributed by atoms with E-state index in [1.54, 1.807) is 30.8 Å². The number of rotatable bonds is 5. The van der Waals surface area contributed by atoms with Gasteiger partial charge in [-0.3, -0.25) is 5.32 Å². The van der Waals surface area contributed by atoms with Crippen molar-refractivity contribution in [1.82, 2.24) is 19.5 Å². The molecule has 0 bridgehead atoms. The van der Waals surface area contributed by atoms with Crippen molar-refractivity contribution in [1.29, 1.82) is 0 Å². The number of carbonyl (C=O) groups excluding carboxylic acids is 1. The molecule has 2 amide bonds. The Balaban J connectivity index is 2.13. The second-order valence-electron chi connectivity index (χ2n) is 5.80. The number of fused-ring (bicyclic) bond motifs is 1. The highest BCUT2D eigenvalue weighted by molar-refractivity contribution is 5.88. The van der Waals surface area contributed by atoms with Crippen LogP contribution in [0.2, 0.25) is 0 Å². The van der Waals surface area contributed by atoms with Crippen LogP contribution >= 0.6 is 0 Å². The van der Waals surface area contributed by atoms with E-state index in [1.807, 2.05) is 13.0 Å². The minimum absolute atomic E-state index is 0.209. The number of anilines is 1. The zero-order chi connectivity index (χ0) is 16.3. The van der Waals surface area contributed by atoms with Crippen molar-refractivity contribution in [2.45, 2.75) is 13.8 Å². The molecule has 0 aliphatic rings. The van der Waals surface area contributed by atoms with Crippen LogP contribution in [0.25, 0.3) is 5.65 Å². The summed E-state index contributed by atoms with van der Waals surface area (Å²) in [5, 5.41) is 25.6. The van der Waals surface area contributed by atoms with Crippen LogP contribution in [-0.4, -0.2) is 62.5 Å². The van der Waals surface area contributed by atoms with Gasteiger partial charge >= 0.3 is 6.03 Å². The van der Waals surface area contributed by atoms with Gasteiger partial charge in [0.25, 0.3) is 0 Å². The molecule has 2 aromatic heterocycles. The number of aliphatic hydroxyl groups is 2. The summed E-state index contributed by atoms with van der Waals surface area (Å²) in [7, 11) is 1.60. The number of nitrogens with zero attached hydrogens (tertiary/aromatic N) is 4. The van der Waals surface area contributed by atoms with E-state index in [9.17, 15) is 15.0 Å². The third kappa shape index (κ3) is 3.34. The largest absolute Gasteiger partial charge is 0.396 e. The first-order chi connectivity index (χ1) is 10.4. The molecule has 2 heterocycles. The van der Waals surface area contributed by atoms with E-state index in [-0.39, 0.29) is 25.8 Å². The highest BCUT2D eigenvalue weighted by atomic mass is 16.3. The zero-order valence-electron chi connectivity index (χ0n) is 12.9. The minimum atomic E-state index is -0.748. The Morgan fingerprint density at radius 3 is 2.77 bits per heavy atom. The molecule has 0 aromatic carbocycles. The van der Waals surface area contributed by atoms with E-state index in [0.717, 1.165) is 5.69 Å². The molecule has 2 rings (SSSR count). The molecule has 22 heavy (non-hydrogen) atoms. The number of hydrogen-bond acceptors (Lipinski definition) is 5. The molecular formula is C14H21N5O3. The Hall–Kier alpha value is -2.19. The summed E-state index contributed by atoms with van der Waals surface area (Å²) < 4.78 is 1.55. The monoisotopic (exact) mass is 307 g/mol. The number of carbonyl (C=O) groups is 1. The van der Waals surface area contributed by atoms with Gasteiger partial charge in [-0.25, -0.2) is 9.78 Å². The Morgan fingerprint density at radius 1 is 1.45 bits per heavy atom. The number of nitrogens with one attached hydrogen (secondary N) is 1. The standard InChI is InChI=1S/C14H21N5O3/c1-10-6-12-15-5-4-11(19(12)17-10)16-13(22)18(3)7-14(2,8-20)9-21/h4-6,20-21H,7-9H2,1-3H3,(H,16,22). The van der Waals surface area contributed by atoms with Gasteiger partial charge in [0.1, 0.15) is 5.82 Å². The minimum Gasteiger partial charge on any atom is -0.396 e. The molecule has 0 aliphatic carbocycles. The number of amides is 2. The Kier molecular flexibility index (Phi) is 4.62. The van der Waals surface area contributed by atoms with Gasteiger partial charge < -0.3 is 15.1 Å². The lowest BCUT2D eigenvalue weighted by Gasteiger charge is -2.30. The quantitative estimate of drug-likeness (QED) is 0.746. The molecule has 120 valence electrons. The molecule has 3 N–H and O–H groups in total. The van der Waals surface area contributed by atoms with Gasteiger partial charge in [0, 0.05) is 31.3 Å². The van der Waals surface area contributed by atoms with Crippen molar-refractivity contribution in [2.75, 3.05) is 32.1 Å². The zero-order valence-corrected chi connectivity index (χ0v) is 12.9. The van der Waals surface area contributed by atoms with Crippen LogP contribution in [-0.2, 0) is 0 Å². The smallest absolute Gasteiger partial charge is 0.322 e. The third-order valence-corrected chi connectivity index (χ3v) is 3.44. The lowest BCUT2D eigenvalue weighted by atomic mass is 9.92. The Labute approximate surface area is 128 Å². The summed E-state index contributed by atoms with van der Waals surface area (Å²) in [4.78, 5) is 17.8. The van der Waals surface area contributed by atoms with Crippen molar-refractivity contribution >= 4 is 17.5 Å². The van der Waals surface area contributed by atoms with Crippen molar-refractivity contribution < 1.29 is 15.0 Å². The molecule has 0 radical (unpaired) electrons. The summed E-state index contributed by atoms with van der Waals surface area (Å²) in [6.45, 7) is 3.36. The van der Waals surface area contributed by atoms with Crippen LogP contribution in [0.5, 0.6) is 0 Å². The molecule has 0 saturated heterocycles. The molecule has 8 nitrogen and oxygen atoms in total. The topological polar surface area (TPSA) is 103 Å². The van der Waals surface area contributed by atoms with Crippen molar-refractivity contribution in [3.63, 3.8) is 0 Å². The molecule has 2 aromatic rings. The van der Waals surface area contributed by atoms with Gasteiger partial charge in [0.2, 0.25) is 0 Å². The fraction of sp³-hybridized carbons (Fsp3) is 0.500. The second-order valence-corrected chi connectivity index (χ2v) is 5.80. The van der Waals surface area contributed by atoms with Crippen LogP contribution in [0, 0.1) is 12.3 Å². The third-order valence-electron chi connectivity index (χ3n) is 3.44.